The normalized spacial score (nSPS) is 16.1. The van der Waals surface area contributed by atoms with Crippen LogP contribution in [0.3, 0.4) is 0 Å². The number of hydrogen-bond donors (Lipinski definition) is 0. The van der Waals surface area contributed by atoms with Crippen LogP contribution in [0.1, 0.15) is 37.8 Å². The van der Waals surface area contributed by atoms with Crippen molar-refractivity contribution in [3.8, 4) is 11.5 Å². The fourth-order valence-corrected chi connectivity index (χ4v) is 8.46. The van der Waals surface area contributed by atoms with Gasteiger partial charge >= 0.3 is 0 Å². The molecule has 0 bridgehead atoms. The molecule has 0 radical (unpaired) electrons. The third-order valence-electron chi connectivity index (χ3n) is 7.03. The number of likely N-dealkylation sites (N-methyl/N-ethyl adjacent to an activating group) is 1. The van der Waals surface area contributed by atoms with E-state index in [9.17, 15) is 0 Å². The number of ether oxygens (including phenoxy) is 2. The van der Waals surface area contributed by atoms with E-state index in [4.69, 9.17) is 9.47 Å². The van der Waals surface area contributed by atoms with Gasteiger partial charge in [0.2, 0.25) is 0 Å². The average molecular weight is 496 g/mol. The van der Waals surface area contributed by atoms with Gasteiger partial charge in [-0.3, -0.25) is 0 Å². The second-order valence-corrected chi connectivity index (χ2v) is 12.8. The van der Waals surface area contributed by atoms with Gasteiger partial charge in [-0.15, -0.1) is 23.5 Å². The van der Waals surface area contributed by atoms with E-state index in [2.05, 4.69) is 104 Å². The number of thioether (sulfide) groups is 2. The lowest BCUT2D eigenvalue weighted by Crippen LogP contribution is -2.46. The van der Waals surface area contributed by atoms with Crippen LogP contribution in [0.5, 0.6) is 11.5 Å². The number of rotatable bonds is 9. The van der Waals surface area contributed by atoms with Gasteiger partial charge < -0.3 is 14.4 Å². The Bertz CT molecular complexity index is 1110. The molecule has 0 amide bonds. The fourth-order valence-electron chi connectivity index (χ4n) is 4.71. The molecule has 5 heteroatoms. The van der Waals surface area contributed by atoms with Crippen molar-refractivity contribution in [2.45, 2.75) is 42.7 Å². The van der Waals surface area contributed by atoms with Crippen molar-refractivity contribution in [1.29, 1.82) is 0 Å². The standard InChI is InChI=1S/C29H37NO2S2/c1-28(2,30(3)16-15-22-11-14-26(31-4)27(19-22)32-5)21-29(33-17-8-18-34-29)25-13-12-23-9-6-7-10-24(23)20-25/h6-7,9-14,19-20H,8,15-18,21H2,1-5H3. The van der Waals surface area contributed by atoms with Crippen LogP contribution < -0.4 is 9.47 Å². The minimum absolute atomic E-state index is 0.0551. The molecule has 0 aromatic heterocycles. The predicted molar refractivity (Wildman–Crippen MR) is 150 cm³/mol. The number of hydrogen-bond acceptors (Lipinski definition) is 5. The van der Waals surface area contributed by atoms with Crippen molar-refractivity contribution in [3.63, 3.8) is 0 Å². The van der Waals surface area contributed by atoms with Gasteiger partial charge in [0.05, 0.1) is 18.3 Å². The second kappa shape index (κ2) is 10.8. The predicted octanol–water partition coefficient (Wildman–Crippen LogP) is 7.22. The van der Waals surface area contributed by atoms with Gasteiger partial charge in [-0.05, 0) is 91.8 Å². The zero-order chi connectivity index (χ0) is 24.2. The summed E-state index contributed by atoms with van der Waals surface area (Å²) in [4.78, 5) is 2.53. The average Bonchev–Trinajstić information content (AvgIpc) is 2.87. The Labute approximate surface area is 213 Å². The van der Waals surface area contributed by atoms with E-state index in [0.717, 1.165) is 30.9 Å². The number of fused-ring (bicyclic) bond motifs is 1. The van der Waals surface area contributed by atoms with Crippen molar-refractivity contribution >= 4 is 34.3 Å². The van der Waals surface area contributed by atoms with Gasteiger partial charge in [0, 0.05) is 12.1 Å². The highest BCUT2D eigenvalue weighted by atomic mass is 32.2. The summed E-state index contributed by atoms with van der Waals surface area (Å²) in [6.07, 6.45) is 3.37. The molecule has 3 aromatic rings. The Morgan fingerprint density at radius 2 is 1.59 bits per heavy atom. The number of methoxy groups -OCH3 is 2. The summed E-state index contributed by atoms with van der Waals surface area (Å²) in [5.74, 6) is 4.03. The second-order valence-electron chi connectivity index (χ2n) is 9.72. The first-order valence-corrected chi connectivity index (χ1v) is 14.0. The summed E-state index contributed by atoms with van der Waals surface area (Å²) in [6.45, 7) is 5.80. The van der Waals surface area contributed by atoms with Crippen LogP contribution in [0, 0.1) is 0 Å². The highest BCUT2D eigenvalue weighted by Crippen LogP contribution is 2.55. The largest absolute Gasteiger partial charge is 0.493 e. The molecule has 34 heavy (non-hydrogen) atoms. The van der Waals surface area contributed by atoms with Crippen molar-refractivity contribution < 1.29 is 9.47 Å². The van der Waals surface area contributed by atoms with Crippen LogP contribution in [0.4, 0.5) is 0 Å². The SMILES string of the molecule is COc1ccc(CCN(C)C(C)(C)CC2(c3ccc4ccccc4c3)SCCCS2)cc1OC. The van der Waals surface area contributed by atoms with E-state index in [1.807, 2.05) is 6.07 Å². The van der Waals surface area contributed by atoms with E-state index < -0.39 is 0 Å². The Morgan fingerprint density at radius 3 is 2.29 bits per heavy atom. The van der Waals surface area contributed by atoms with Crippen LogP contribution in [0.25, 0.3) is 10.8 Å². The lowest BCUT2D eigenvalue weighted by molar-refractivity contribution is 0.143. The van der Waals surface area contributed by atoms with Crippen LogP contribution in [-0.4, -0.2) is 49.8 Å². The molecule has 1 aliphatic heterocycles. The minimum atomic E-state index is 0.0551. The molecule has 3 nitrogen and oxygen atoms in total. The first-order chi connectivity index (χ1) is 16.4. The summed E-state index contributed by atoms with van der Waals surface area (Å²) in [6, 6.07) is 22.1. The first kappa shape index (κ1) is 25.3. The zero-order valence-corrected chi connectivity index (χ0v) is 22.7. The monoisotopic (exact) mass is 495 g/mol. The molecule has 3 aromatic carbocycles. The minimum Gasteiger partial charge on any atom is -0.493 e. The van der Waals surface area contributed by atoms with Crippen LogP contribution in [-0.2, 0) is 10.5 Å². The topological polar surface area (TPSA) is 21.7 Å². The summed E-state index contributed by atoms with van der Waals surface area (Å²) in [7, 11) is 5.65. The summed E-state index contributed by atoms with van der Waals surface area (Å²) in [5.41, 5.74) is 2.78. The summed E-state index contributed by atoms with van der Waals surface area (Å²) < 4.78 is 11.0. The maximum absolute atomic E-state index is 5.50. The highest BCUT2D eigenvalue weighted by molar-refractivity contribution is 8.18. The van der Waals surface area contributed by atoms with Gasteiger partial charge in [0.1, 0.15) is 0 Å². The Morgan fingerprint density at radius 1 is 0.882 bits per heavy atom. The van der Waals surface area contributed by atoms with Gasteiger partial charge in [-0.2, -0.15) is 0 Å². The van der Waals surface area contributed by atoms with Gasteiger partial charge in [-0.25, -0.2) is 0 Å². The molecule has 1 saturated heterocycles. The quantitative estimate of drug-likeness (QED) is 0.311. The van der Waals surface area contributed by atoms with Crippen molar-refractivity contribution in [1.82, 2.24) is 4.90 Å². The fraction of sp³-hybridized carbons (Fsp3) is 0.448. The van der Waals surface area contributed by atoms with Crippen LogP contribution in [0.2, 0.25) is 0 Å². The van der Waals surface area contributed by atoms with Crippen molar-refractivity contribution in [2.24, 2.45) is 0 Å². The molecule has 182 valence electrons. The molecule has 4 rings (SSSR count). The van der Waals surface area contributed by atoms with Crippen LogP contribution in [0.15, 0.2) is 60.7 Å². The van der Waals surface area contributed by atoms with E-state index in [0.29, 0.717) is 0 Å². The molecule has 0 N–H and O–H groups in total. The summed E-state index contributed by atoms with van der Waals surface area (Å²) >= 11 is 4.29. The van der Waals surface area contributed by atoms with E-state index in [1.54, 1.807) is 14.2 Å². The molecule has 1 heterocycles. The van der Waals surface area contributed by atoms with Gasteiger partial charge in [0.15, 0.2) is 11.5 Å². The van der Waals surface area contributed by atoms with Gasteiger partial charge in [0.25, 0.3) is 0 Å². The van der Waals surface area contributed by atoms with E-state index in [1.165, 1.54) is 39.8 Å². The molecule has 0 unspecified atom stereocenters. The third-order valence-corrected chi connectivity index (χ3v) is 10.4. The van der Waals surface area contributed by atoms with Crippen LogP contribution >= 0.6 is 23.5 Å². The molecule has 0 spiro atoms. The van der Waals surface area contributed by atoms with E-state index in [-0.39, 0.29) is 9.62 Å². The summed E-state index contributed by atoms with van der Waals surface area (Å²) in [5, 5.41) is 2.66. The number of nitrogens with zero attached hydrogens (tertiary/aromatic N) is 1. The Balaban J connectivity index is 1.52. The van der Waals surface area contributed by atoms with Crippen molar-refractivity contribution in [3.05, 3.63) is 71.8 Å². The van der Waals surface area contributed by atoms with Gasteiger partial charge in [-0.1, -0.05) is 42.5 Å². The molecule has 1 fully saturated rings. The molecule has 0 aliphatic carbocycles. The van der Waals surface area contributed by atoms with Crippen molar-refractivity contribution in [2.75, 3.05) is 39.3 Å². The lowest BCUT2D eigenvalue weighted by Gasteiger charge is -2.46. The van der Waals surface area contributed by atoms with E-state index >= 15 is 0 Å². The smallest absolute Gasteiger partial charge is 0.160 e. The highest BCUT2D eigenvalue weighted by Gasteiger charge is 2.42. The Kier molecular flexibility index (Phi) is 8.06. The third kappa shape index (κ3) is 5.53. The first-order valence-electron chi connectivity index (χ1n) is 12.1. The molecular weight excluding hydrogens is 458 g/mol. The molecule has 0 saturated carbocycles. The lowest BCUT2D eigenvalue weighted by atomic mass is 9.91. The number of benzene rings is 3. The Hall–Kier alpha value is -1.82. The zero-order valence-electron chi connectivity index (χ0n) is 21.1. The molecule has 1 aliphatic rings. The maximum atomic E-state index is 5.50. The maximum Gasteiger partial charge on any atom is 0.160 e. The molecule has 0 atom stereocenters. The molecular formula is C29H37NO2S2.